The maximum Gasteiger partial charge on any atom is 0.573 e. The topological polar surface area (TPSA) is 18.5 Å². The molecule has 0 bridgehead atoms. The van der Waals surface area contributed by atoms with Gasteiger partial charge in [-0.05, 0) is 23.8 Å². The summed E-state index contributed by atoms with van der Waals surface area (Å²) in [6.45, 7) is 0. The Morgan fingerprint density at radius 1 is 1.00 bits per heavy atom. The van der Waals surface area contributed by atoms with Gasteiger partial charge in [-0.25, -0.2) is 4.39 Å². The number of methoxy groups -OCH3 is 1. The molecule has 0 unspecified atom stereocenters. The first-order valence-corrected chi connectivity index (χ1v) is 5.59. The largest absolute Gasteiger partial charge is 0.573 e. The molecule has 20 heavy (non-hydrogen) atoms. The Morgan fingerprint density at radius 3 is 2.35 bits per heavy atom. The summed E-state index contributed by atoms with van der Waals surface area (Å²) in [4.78, 5) is 0. The smallest absolute Gasteiger partial charge is 0.493 e. The van der Waals surface area contributed by atoms with Gasteiger partial charge in [-0.15, -0.1) is 13.2 Å². The average Bonchev–Trinajstić information content (AvgIpc) is 2.36. The summed E-state index contributed by atoms with van der Waals surface area (Å²) in [6, 6.07) is 9.48. The molecule has 2 aromatic carbocycles. The zero-order valence-electron chi connectivity index (χ0n) is 10.4. The molecule has 2 aromatic rings. The predicted molar refractivity (Wildman–Crippen MR) is 65.1 cm³/mol. The van der Waals surface area contributed by atoms with Crippen molar-refractivity contribution in [3.8, 4) is 22.6 Å². The fourth-order valence-corrected chi connectivity index (χ4v) is 1.80. The van der Waals surface area contributed by atoms with Crippen LogP contribution >= 0.6 is 0 Å². The molecule has 0 radical (unpaired) electrons. The van der Waals surface area contributed by atoms with E-state index in [-0.39, 0.29) is 11.5 Å². The molecule has 0 atom stereocenters. The first-order chi connectivity index (χ1) is 9.40. The van der Waals surface area contributed by atoms with Crippen molar-refractivity contribution < 1.29 is 27.0 Å². The third kappa shape index (κ3) is 3.20. The van der Waals surface area contributed by atoms with Crippen molar-refractivity contribution in [3.63, 3.8) is 0 Å². The van der Waals surface area contributed by atoms with Gasteiger partial charge in [0.1, 0.15) is 5.75 Å². The Balaban J connectivity index is 2.44. The number of halogens is 4. The van der Waals surface area contributed by atoms with Gasteiger partial charge in [-0.3, -0.25) is 0 Å². The highest BCUT2D eigenvalue weighted by atomic mass is 19.4. The Kier molecular flexibility index (Phi) is 3.83. The van der Waals surface area contributed by atoms with Crippen molar-refractivity contribution in [1.29, 1.82) is 0 Å². The summed E-state index contributed by atoms with van der Waals surface area (Å²) in [5.41, 5.74) is 0.711. The third-order valence-corrected chi connectivity index (χ3v) is 2.55. The molecule has 0 aliphatic rings. The molecule has 2 rings (SSSR count). The van der Waals surface area contributed by atoms with Crippen molar-refractivity contribution in [3.05, 3.63) is 48.3 Å². The monoisotopic (exact) mass is 286 g/mol. The minimum absolute atomic E-state index is 0.0309. The molecule has 2 nitrogen and oxygen atoms in total. The summed E-state index contributed by atoms with van der Waals surface area (Å²) in [5.74, 6) is -0.995. The van der Waals surface area contributed by atoms with Crippen LogP contribution in [0.3, 0.4) is 0 Å². The zero-order valence-corrected chi connectivity index (χ0v) is 10.4. The zero-order chi connectivity index (χ0) is 14.8. The summed E-state index contributed by atoms with van der Waals surface area (Å²) in [5, 5.41) is 0. The molecule has 0 fully saturated rings. The van der Waals surface area contributed by atoms with E-state index in [1.54, 1.807) is 12.1 Å². The van der Waals surface area contributed by atoms with Gasteiger partial charge in [0, 0.05) is 5.56 Å². The van der Waals surface area contributed by atoms with Gasteiger partial charge in [0.25, 0.3) is 0 Å². The van der Waals surface area contributed by atoms with Gasteiger partial charge >= 0.3 is 6.36 Å². The van der Waals surface area contributed by atoms with Crippen molar-refractivity contribution in [2.24, 2.45) is 0 Å². The van der Waals surface area contributed by atoms with Crippen LogP contribution in [0.2, 0.25) is 0 Å². The van der Waals surface area contributed by atoms with Crippen LogP contribution in [-0.2, 0) is 0 Å². The van der Waals surface area contributed by atoms with E-state index in [9.17, 15) is 17.6 Å². The number of ether oxygens (including phenoxy) is 2. The first kappa shape index (κ1) is 14.2. The van der Waals surface area contributed by atoms with Crippen LogP contribution in [-0.4, -0.2) is 13.5 Å². The van der Waals surface area contributed by atoms with Gasteiger partial charge in [0.05, 0.1) is 7.11 Å². The number of benzene rings is 2. The number of para-hydroxylation sites is 1. The summed E-state index contributed by atoms with van der Waals surface area (Å²) >= 11 is 0. The highest BCUT2D eigenvalue weighted by molar-refractivity contribution is 5.71. The van der Waals surface area contributed by atoms with E-state index in [1.807, 2.05) is 0 Å². The molecule has 0 spiro atoms. The Bertz CT molecular complexity index is 608. The van der Waals surface area contributed by atoms with Crippen LogP contribution < -0.4 is 9.47 Å². The van der Waals surface area contributed by atoms with Gasteiger partial charge in [0.2, 0.25) is 0 Å². The van der Waals surface area contributed by atoms with E-state index < -0.39 is 12.2 Å². The van der Waals surface area contributed by atoms with Crippen LogP contribution in [0.4, 0.5) is 17.6 Å². The van der Waals surface area contributed by atoms with E-state index >= 15 is 0 Å². The molecule has 6 heteroatoms. The second-order valence-corrected chi connectivity index (χ2v) is 3.90. The molecule has 0 saturated carbocycles. The second-order valence-electron chi connectivity index (χ2n) is 3.90. The van der Waals surface area contributed by atoms with Gasteiger partial charge < -0.3 is 9.47 Å². The van der Waals surface area contributed by atoms with Crippen LogP contribution in [0.15, 0.2) is 42.5 Å². The lowest BCUT2D eigenvalue weighted by atomic mass is 10.0. The highest BCUT2D eigenvalue weighted by Gasteiger charge is 2.31. The maximum absolute atomic E-state index is 13.6. The van der Waals surface area contributed by atoms with E-state index in [2.05, 4.69) is 4.74 Å². The number of rotatable bonds is 3. The lowest BCUT2D eigenvalue weighted by molar-refractivity contribution is -0.274. The molecular weight excluding hydrogens is 276 g/mol. The lowest BCUT2D eigenvalue weighted by Gasteiger charge is -2.12. The van der Waals surface area contributed by atoms with Crippen LogP contribution in [0, 0.1) is 5.82 Å². The first-order valence-electron chi connectivity index (χ1n) is 5.59. The lowest BCUT2D eigenvalue weighted by Crippen LogP contribution is -2.17. The van der Waals surface area contributed by atoms with E-state index in [0.29, 0.717) is 11.1 Å². The molecule has 0 N–H and O–H groups in total. The second kappa shape index (κ2) is 5.40. The summed E-state index contributed by atoms with van der Waals surface area (Å²) in [6.07, 6.45) is -4.77. The average molecular weight is 286 g/mol. The maximum atomic E-state index is 13.6. The third-order valence-electron chi connectivity index (χ3n) is 2.55. The fraction of sp³-hybridized carbons (Fsp3) is 0.143. The Morgan fingerprint density at radius 2 is 1.70 bits per heavy atom. The number of hydrogen-bond acceptors (Lipinski definition) is 2. The predicted octanol–water partition coefficient (Wildman–Crippen LogP) is 4.40. The normalized spacial score (nSPS) is 11.2. The van der Waals surface area contributed by atoms with E-state index in [1.165, 1.54) is 37.4 Å². The highest BCUT2D eigenvalue weighted by Crippen LogP contribution is 2.34. The van der Waals surface area contributed by atoms with E-state index in [0.717, 1.165) is 0 Å². The molecule has 0 aliphatic carbocycles. The Hall–Kier alpha value is -2.24. The molecule has 0 aromatic heterocycles. The van der Waals surface area contributed by atoms with Crippen molar-refractivity contribution in [2.45, 2.75) is 6.36 Å². The van der Waals surface area contributed by atoms with Crippen molar-refractivity contribution >= 4 is 0 Å². The minimum Gasteiger partial charge on any atom is -0.493 e. The van der Waals surface area contributed by atoms with Crippen molar-refractivity contribution in [1.82, 2.24) is 0 Å². The molecule has 0 heterocycles. The quantitative estimate of drug-likeness (QED) is 0.779. The molecule has 0 saturated heterocycles. The fourth-order valence-electron chi connectivity index (χ4n) is 1.80. The SMILES string of the molecule is COc1c(F)cccc1-c1cccc(OC(F)(F)F)c1. The van der Waals surface area contributed by atoms with Gasteiger partial charge in [0.15, 0.2) is 11.6 Å². The standard InChI is InChI=1S/C14H10F4O2/c1-19-13-11(6-3-7-12(13)15)9-4-2-5-10(8-9)20-14(16,17)18/h2-8H,1H3. The van der Waals surface area contributed by atoms with E-state index in [4.69, 9.17) is 4.74 Å². The number of alkyl halides is 3. The molecule has 106 valence electrons. The van der Waals surface area contributed by atoms with Crippen LogP contribution in [0.1, 0.15) is 0 Å². The molecule has 0 aliphatic heterocycles. The van der Waals surface area contributed by atoms with Crippen LogP contribution in [0.25, 0.3) is 11.1 Å². The minimum atomic E-state index is -4.77. The van der Waals surface area contributed by atoms with Gasteiger partial charge in [-0.2, -0.15) is 0 Å². The molecular formula is C14H10F4O2. The number of hydrogen-bond donors (Lipinski definition) is 0. The van der Waals surface area contributed by atoms with Crippen LogP contribution in [0.5, 0.6) is 11.5 Å². The molecule has 0 amide bonds. The van der Waals surface area contributed by atoms with Gasteiger partial charge in [-0.1, -0.05) is 24.3 Å². The Labute approximate surface area is 112 Å². The van der Waals surface area contributed by atoms with Crippen molar-refractivity contribution in [2.75, 3.05) is 7.11 Å². The summed E-state index contributed by atoms with van der Waals surface area (Å²) in [7, 11) is 1.29. The summed E-state index contributed by atoms with van der Waals surface area (Å²) < 4.78 is 58.9.